The standard InChI is InChI=1S/C19H14ClFO5/c1-10-5-19(23)26-17-8-18(14(20)7-12(10)17)25-9-15(22)13-6-11(21)3-4-16(13)24-2/h3-8H,9H2,1-2H3. The van der Waals surface area contributed by atoms with Crippen molar-refractivity contribution in [1.82, 2.24) is 0 Å². The predicted molar refractivity (Wildman–Crippen MR) is 95.0 cm³/mol. The van der Waals surface area contributed by atoms with Crippen LogP contribution >= 0.6 is 11.6 Å². The number of aryl methyl sites for hydroxylation is 1. The summed E-state index contributed by atoms with van der Waals surface area (Å²) < 4.78 is 29.1. The third-order valence-corrected chi connectivity index (χ3v) is 4.12. The number of ether oxygens (including phenoxy) is 2. The zero-order chi connectivity index (χ0) is 18.8. The molecule has 3 rings (SSSR count). The van der Waals surface area contributed by atoms with Crippen molar-refractivity contribution < 1.29 is 23.1 Å². The molecule has 26 heavy (non-hydrogen) atoms. The summed E-state index contributed by atoms with van der Waals surface area (Å²) in [5.41, 5.74) is 0.575. The molecule has 134 valence electrons. The van der Waals surface area contributed by atoms with Gasteiger partial charge >= 0.3 is 5.63 Å². The fourth-order valence-electron chi connectivity index (χ4n) is 2.55. The predicted octanol–water partition coefficient (Wildman–Crippen LogP) is 4.16. The van der Waals surface area contributed by atoms with Gasteiger partial charge in [-0.2, -0.15) is 0 Å². The molecule has 0 bridgehead atoms. The third kappa shape index (κ3) is 3.55. The molecule has 2 aromatic carbocycles. The first-order chi connectivity index (χ1) is 12.4. The number of Topliss-reactive ketones (excluding diaryl/α,β-unsaturated/α-hetero) is 1. The highest BCUT2D eigenvalue weighted by atomic mass is 35.5. The topological polar surface area (TPSA) is 65.7 Å². The van der Waals surface area contributed by atoms with Crippen LogP contribution in [-0.4, -0.2) is 19.5 Å². The molecule has 0 aliphatic rings. The molecule has 0 radical (unpaired) electrons. The van der Waals surface area contributed by atoms with Gasteiger partial charge in [0.05, 0.1) is 17.7 Å². The first kappa shape index (κ1) is 17.9. The number of hydrogen-bond donors (Lipinski definition) is 0. The van der Waals surface area contributed by atoms with Crippen molar-refractivity contribution in [1.29, 1.82) is 0 Å². The van der Waals surface area contributed by atoms with Crippen molar-refractivity contribution in [3.8, 4) is 11.5 Å². The van der Waals surface area contributed by atoms with E-state index in [0.29, 0.717) is 16.5 Å². The van der Waals surface area contributed by atoms with Crippen LogP contribution < -0.4 is 15.1 Å². The van der Waals surface area contributed by atoms with E-state index in [-0.39, 0.29) is 28.7 Å². The van der Waals surface area contributed by atoms with Gasteiger partial charge in [-0.3, -0.25) is 4.79 Å². The van der Waals surface area contributed by atoms with E-state index in [1.165, 1.54) is 31.4 Å². The second-order valence-electron chi connectivity index (χ2n) is 5.58. The fraction of sp³-hybridized carbons (Fsp3) is 0.158. The Hall–Kier alpha value is -2.86. The summed E-state index contributed by atoms with van der Waals surface area (Å²) in [6.45, 7) is 1.37. The van der Waals surface area contributed by atoms with E-state index in [4.69, 9.17) is 25.5 Å². The summed E-state index contributed by atoms with van der Waals surface area (Å²) in [5, 5.41) is 0.925. The lowest BCUT2D eigenvalue weighted by atomic mass is 10.1. The van der Waals surface area contributed by atoms with Gasteiger partial charge in [-0.1, -0.05) is 11.6 Å². The van der Waals surface area contributed by atoms with E-state index >= 15 is 0 Å². The van der Waals surface area contributed by atoms with Gasteiger partial charge in [-0.25, -0.2) is 9.18 Å². The van der Waals surface area contributed by atoms with E-state index in [2.05, 4.69) is 0 Å². The minimum absolute atomic E-state index is 0.0618. The molecule has 0 amide bonds. The molecule has 0 saturated carbocycles. The Morgan fingerprint density at radius 2 is 1.96 bits per heavy atom. The quantitative estimate of drug-likeness (QED) is 0.494. The number of rotatable bonds is 5. The normalized spacial score (nSPS) is 10.8. The number of ketones is 1. The van der Waals surface area contributed by atoms with Gasteiger partial charge in [0.15, 0.2) is 6.61 Å². The molecule has 7 heteroatoms. The number of fused-ring (bicyclic) bond motifs is 1. The summed E-state index contributed by atoms with van der Waals surface area (Å²) in [5.74, 6) is -0.624. The van der Waals surface area contributed by atoms with E-state index in [9.17, 15) is 14.0 Å². The fourth-order valence-corrected chi connectivity index (χ4v) is 2.77. The van der Waals surface area contributed by atoms with Gasteiger partial charge in [0.1, 0.15) is 22.9 Å². The van der Waals surface area contributed by atoms with Gasteiger partial charge in [0.2, 0.25) is 5.78 Å². The summed E-state index contributed by atoms with van der Waals surface area (Å²) in [6, 6.07) is 8.04. The molecule has 5 nitrogen and oxygen atoms in total. The Morgan fingerprint density at radius 3 is 2.69 bits per heavy atom. The Labute approximate surface area is 152 Å². The van der Waals surface area contributed by atoms with Crippen molar-refractivity contribution in [2.24, 2.45) is 0 Å². The van der Waals surface area contributed by atoms with Crippen LogP contribution in [0.25, 0.3) is 11.0 Å². The number of halogens is 2. The molecule has 3 aromatic rings. The Kier molecular flexibility index (Phi) is 4.95. The minimum atomic E-state index is -0.560. The lowest BCUT2D eigenvalue weighted by Crippen LogP contribution is -2.13. The van der Waals surface area contributed by atoms with Crippen molar-refractivity contribution >= 4 is 28.4 Å². The lowest BCUT2D eigenvalue weighted by Gasteiger charge is -2.11. The van der Waals surface area contributed by atoms with Gasteiger partial charge in [-0.15, -0.1) is 0 Å². The van der Waals surface area contributed by atoms with Crippen LogP contribution in [-0.2, 0) is 0 Å². The number of carbonyl (C=O) groups is 1. The van der Waals surface area contributed by atoms with Crippen LogP contribution in [0.5, 0.6) is 11.5 Å². The Bertz CT molecular complexity index is 1060. The maximum atomic E-state index is 13.4. The van der Waals surface area contributed by atoms with E-state index in [0.717, 1.165) is 6.07 Å². The van der Waals surface area contributed by atoms with E-state index in [1.54, 1.807) is 13.0 Å². The molecule has 0 aliphatic heterocycles. The second-order valence-corrected chi connectivity index (χ2v) is 5.99. The number of benzene rings is 2. The largest absolute Gasteiger partial charge is 0.496 e. The molecule has 1 heterocycles. The van der Waals surface area contributed by atoms with Crippen LogP contribution in [0.1, 0.15) is 15.9 Å². The Balaban J connectivity index is 1.88. The van der Waals surface area contributed by atoms with Gasteiger partial charge in [0, 0.05) is 17.5 Å². The molecule has 0 N–H and O–H groups in total. The highest BCUT2D eigenvalue weighted by Crippen LogP contribution is 2.31. The van der Waals surface area contributed by atoms with Crippen molar-refractivity contribution in [2.75, 3.05) is 13.7 Å². The van der Waals surface area contributed by atoms with Crippen LogP contribution in [0, 0.1) is 12.7 Å². The second kappa shape index (κ2) is 7.17. The zero-order valence-corrected chi connectivity index (χ0v) is 14.7. The summed E-state index contributed by atoms with van der Waals surface area (Å²) in [7, 11) is 1.38. The third-order valence-electron chi connectivity index (χ3n) is 3.82. The first-order valence-electron chi connectivity index (χ1n) is 7.62. The van der Waals surface area contributed by atoms with Crippen molar-refractivity contribution in [2.45, 2.75) is 6.92 Å². The highest BCUT2D eigenvalue weighted by molar-refractivity contribution is 6.32. The number of hydrogen-bond acceptors (Lipinski definition) is 5. The molecule has 0 spiro atoms. The molecular formula is C19H14ClFO5. The average Bonchev–Trinajstić information content (AvgIpc) is 2.60. The van der Waals surface area contributed by atoms with Crippen molar-refractivity contribution in [3.63, 3.8) is 0 Å². The van der Waals surface area contributed by atoms with Crippen LogP contribution in [0.15, 0.2) is 45.6 Å². The maximum absolute atomic E-state index is 13.4. The zero-order valence-electron chi connectivity index (χ0n) is 14.0. The average molecular weight is 377 g/mol. The van der Waals surface area contributed by atoms with Gasteiger partial charge < -0.3 is 13.9 Å². The van der Waals surface area contributed by atoms with Crippen LogP contribution in [0.4, 0.5) is 4.39 Å². The molecular weight excluding hydrogens is 363 g/mol. The SMILES string of the molecule is COc1ccc(F)cc1C(=O)COc1cc2oc(=O)cc(C)c2cc1Cl. The molecule has 1 aromatic heterocycles. The molecule has 0 fully saturated rings. The highest BCUT2D eigenvalue weighted by Gasteiger charge is 2.16. The monoisotopic (exact) mass is 376 g/mol. The first-order valence-corrected chi connectivity index (χ1v) is 8.00. The van der Waals surface area contributed by atoms with Crippen LogP contribution in [0.2, 0.25) is 5.02 Å². The number of carbonyl (C=O) groups excluding carboxylic acids is 1. The molecule has 0 saturated heterocycles. The van der Waals surface area contributed by atoms with Crippen LogP contribution in [0.3, 0.4) is 0 Å². The summed E-state index contributed by atoms with van der Waals surface area (Å²) in [4.78, 5) is 23.9. The number of methoxy groups -OCH3 is 1. The molecule has 0 aliphatic carbocycles. The van der Waals surface area contributed by atoms with Crippen molar-refractivity contribution in [3.05, 3.63) is 68.8 Å². The smallest absolute Gasteiger partial charge is 0.336 e. The summed E-state index contributed by atoms with van der Waals surface area (Å²) in [6.07, 6.45) is 0. The minimum Gasteiger partial charge on any atom is -0.496 e. The van der Waals surface area contributed by atoms with E-state index < -0.39 is 17.2 Å². The van der Waals surface area contributed by atoms with E-state index in [1.807, 2.05) is 0 Å². The molecule has 0 atom stereocenters. The van der Waals surface area contributed by atoms with Gasteiger partial charge in [0.25, 0.3) is 0 Å². The van der Waals surface area contributed by atoms with Gasteiger partial charge in [-0.05, 0) is 36.8 Å². The maximum Gasteiger partial charge on any atom is 0.336 e. The Morgan fingerprint density at radius 1 is 1.19 bits per heavy atom. The lowest BCUT2D eigenvalue weighted by molar-refractivity contribution is 0.0918. The summed E-state index contributed by atoms with van der Waals surface area (Å²) >= 11 is 6.19. The molecule has 0 unspecified atom stereocenters.